The summed E-state index contributed by atoms with van der Waals surface area (Å²) in [5.41, 5.74) is 7.20. The fraction of sp³-hybridized carbons (Fsp3) is 0.435. The van der Waals surface area contributed by atoms with Crippen molar-refractivity contribution in [1.29, 1.82) is 0 Å². The summed E-state index contributed by atoms with van der Waals surface area (Å²) in [7, 11) is 1.53. The Morgan fingerprint density at radius 1 is 1.17 bits per heavy atom. The van der Waals surface area contributed by atoms with Gasteiger partial charge in [0.25, 0.3) is 0 Å². The van der Waals surface area contributed by atoms with Crippen LogP contribution in [-0.4, -0.2) is 49.9 Å². The summed E-state index contributed by atoms with van der Waals surface area (Å²) < 4.78 is 47.2. The van der Waals surface area contributed by atoms with Crippen molar-refractivity contribution >= 4 is 5.91 Å². The number of amides is 1. The summed E-state index contributed by atoms with van der Waals surface area (Å²) in [5, 5.41) is 0. The Hall–Kier alpha value is -2.54. The van der Waals surface area contributed by atoms with Crippen molar-refractivity contribution in [3.05, 3.63) is 53.8 Å². The van der Waals surface area contributed by atoms with Crippen molar-refractivity contribution in [2.24, 2.45) is 11.7 Å². The van der Waals surface area contributed by atoms with Crippen LogP contribution >= 0.6 is 0 Å². The van der Waals surface area contributed by atoms with Crippen LogP contribution in [0.4, 0.5) is 13.2 Å². The van der Waals surface area contributed by atoms with Crippen molar-refractivity contribution in [3.8, 4) is 16.9 Å². The molecule has 1 amide bonds. The van der Waals surface area contributed by atoms with Gasteiger partial charge in [-0.15, -0.1) is 0 Å². The lowest BCUT2D eigenvalue weighted by molar-refractivity contribution is -0.137. The van der Waals surface area contributed by atoms with E-state index in [2.05, 4.69) is 0 Å². The van der Waals surface area contributed by atoms with Gasteiger partial charge in [0.2, 0.25) is 5.91 Å². The van der Waals surface area contributed by atoms with E-state index in [4.69, 9.17) is 10.5 Å². The van der Waals surface area contributed by atoms with Crippen LogP contribution < -0.4 is 10.5 Å². The maximum Gasteiger partial charge on any atom is 0.225 e. The Bertz CT molecular complexity index is 845. The molecule has 164 valence electrons. The standard InChI is InChI=1S/C23H29F3N2O2/c1-15(2)23(29)28(11-10-24)21(20(27)14-25)13-17-7-5-9-19(22(17)26)16-6-4-8-18(12-16)30-3/h4-9,12,15,20-21H,10-11,13-14,27H2,1-3H3/t20-,21-/m0/s1. The quantitative estimate of drug-likeness (QED) is 0.626. The predicted octanol–water partition coefficient (Wildman–Crippen LogP) is 4.16. The first-order chi connectivity index (χ1) is 14.3. The van der Waals surface area contributed by atoms with Crippen molar-refractivity contribution < 1.29 is 22.7 Å². The summed E-state index contributed by atoms with van der Waals surface area (Å²) in [4.78, 5) is 13.8. The number of hydrogen-bond acceptors (Lipinski definition) is 3. The topological polar surface area (TPSA) is 55.6 Å². The third-order valence-corrected chi connectivity index (χ3v) is 5.06. The Balaban J connectivity index is 2.44. The molecule has 30 heavy (non-hydrogen) atoms. The molecule has 2 atom stereocenters. The Morgan fingerprint density at radius 2 is 1.87 bits per heavy atom. The van der Waals surface area contributed by atoms with Crippen LogP contribution in [0.5, 0.6) is 5.75 Å². The van der Waals surface area contributed by atoms with Crippen molar-refractivity contribution in [3.63, 3.8) is 0 Å². The minimum Gasteiger partial charge on any atom is -0.497 e. The second-order valence-corrected chi connectivity index (χ2v) is 7.48. The highest BCUT2D eigenvalue weighted by Crippen LogP contribution is 2.29. The fourth-order valence-electron chi connectivity index (χ4n) is 3.43. The van der Waals surface area contributed by atoms with Gasteiger partial charge in [0, 0.05) is 18.0 Å². The number of methoxy groups -OCH3 is 1. The Morgan fingerprint density at radius 3 is 2.47 bits per heavy atom. The second-order valence-electron chi connectivity index (χ2n) is 7.48. The summed E-state index contributed by atoms with van der Waals surface area (Å²) in [5.74, 6) is -0.657. The number of rotatable bonds is 10. The first-order valence-electron chi connectivity index (χ1n) is 9.93. The number of alkyl halides is 2. The normalized spacial score (nSPS) is 13.2. The molecule has 0 aliphatic rings. The smallest absolute Gasteiger partial charge is 0.225 e. The van der Waals surface area contributed by atoms with Gasteiger partial charge in [-0.2, -0.15) is 0 Å². The van der Waals surface area contributed by atoms with Crippen LogP contribution in [0.3, 0.4) is 0 Å². The molecule has 2 aromatic rings. The van der Waals surface area contributed by atoms with Crippen molar-refractivity contribution in [2.75, 3.05) is 27.0 Å². The average molecular weight is 422 g/mol. The van der Waals surface area contributed by atoms with Gasteiger partial charge >= 0.3 is 0 Å². The monoisotopic (exact) mass is 422 g/mol. The van der Waals surface area contributed by atoms with E-state index in [1.54, 1.807) is 56.3 Å². The number of carbonyl (C=O) groups excluding carboxylic acids is 1. The van der Waals surface area contributed by atoms with Gasteiger partial charge in [-0.1, -0.05) is 44.2 Å². The van der Waals surface area contributed by atoms with Crippen LogP contribution in [0.25, 0.3) is 11.1 Å². The molecule has 0 saturated carbocycles. The molecule has 0 unspecified atom stereocenters. The van der Waals surface area contributed by atoms with E-state index in [1.165, 1.54) is 12.0 Å². The zero-order valence-corrected chi connectivity index (χ0v) is 17.6. The first kappa shape index (κ1) is 23.7. The van der Waals surface area contributed by atoms with Crippen LogP contribution in [0.2, 0.25) is 0 Å². The summed E-state index contributed by atoms with van der Waals surface area (Å²) >= 11 is 0. The molecule has 0 aromatic heterocycles. The van der Waals surface area contributed by atoms with E-state index < -0.39 is 37.2 Å². The van der Waals surface area contributed by atoms with Gasteiger partial charge < -0.3 is 15.4 Å². The van der Waals surface area contributed by atoms with Gasteiger partial charge in [0.15, 0.2) is 0 Å². The van der Waals surface area contributed by atoms with Crippen LogP contribution in [0.1, 0.15) is 19.4 Å². The minimum atomic E-state index is -1.06. The lowest BCUT2D eigenvalue weighted by atomic mass is 9.94. The predicted molar refractivity (Wildman–Crippen MR) is 112 cm³/mol. The largest absolute Gasteiger partial charge is 0.497 e. The molecule has 0 aliphatic carbocycles. The first-order valence-corrected chi connectivity index (χ1v) is 9.93. The number of hydrogen-bond donors (Lipinski definition) is 1. The van der Waals surface area contributed by atoms with E-state index >= 15 is 4.39 Å². The molecular weight excluding hydrogens is 393 g/mol. The SMILES string of the molecule is COc1cccc(-c2cccc(C[C@@H]([C@@H](N)CF)N(CCF)C(=O)C(C)C)c2F)c1. The molecule has 0 fully saturated rings. The second kappa shape index (κ2) is 11.0. The van der Waals surface area contributed by atoms with Gasteiger partial charge in [-0.25, -0.2) is 13.2 Å². The average Bonchev–Trinajstić information content (AvgIpc) is 2.76. The summed E-state index contributed by atoms with van der Waals surface area (Å²) in [6, 6.07) is 9.96. The number of halogens is 3. The van der Waals surface area contributed by atoms with Gasteiger partial charge in [0.1, 0.15) is 24.9 Å². The highest BCUT2D eigenvalue weighted by Gasteiger charge is 2.31. The van der Waals surface area contributed by atoms with Crippen molar-refractivity contribution in [2.45, 2.75) is 32.4 Å². The molecule has 0 radical (unpaired) electrons. The number of benzene rings is 2. The summed E-state index contributed by atoms with van der Waals surface area (Å²) in [6.07, 6.45) is -0.0206. The van der Waals surface area contributed by atoms with Crippen LogP contribution in [0.15, 0.2) is 42.5 Å². The van der Waals surface area contributed by atoms with E-state index in [9.17, 15) is 13.6 Å². The van der Waals surface area contributed by atoms with E-state index in [1.807, 2.05) is 0 Å². The third kappa shape index (κ3) is 5.53. The zero-order chi connectivity index (χ0) is 22.3. The summed E-state index contributed by atoms with van der Waals surface area (Å²) in [6.45, 7) is 1.44. The van der Waals surface area contributed by atoms with Gasteiger partial charge in [0.05, 0.1) is 19.2 Å². The minimum absolute atomic E-state index is 0.0206. The molecule has 7 heteroatoms. The zero-order valence-electron chi connectivity index (χ0n) is 17.6. The molecule has 0 spiro atoms. The molecular formula is C23H29F3N2O2. The molecule has 0 heterocycles. The molecule has 0 aliphatic heterocycles. The third-order valence-electron chi connectivity index (χ3n) is 5.06. The Labute approximate surface area is 175 Å². The number of nitrogens with zero attached hydrogens (tertiary/aromatic N) is 1. The molecule has 0 saturated heterocycles. The lowest BCUT2D eigenvalue weighted by Gasteiger charge is -2.35. The molecule has 2 N–H and O–H groups in total. The van der Waals surface area contributed by atoms with Crippen LogP contribution in [0, 0.1) is 11.7 Å². The molecule has 2 rings (SSSR count). The highest BCUT2D eigenvalue weighted by molar-refractivity contribution is 5.78. The van der Waals surface area contributed by atoms with Crippen molar-refractivity contribution in [1.82, 2.24) is 4.90 Å². The molecule has 4 nitrogen and oxygen atoms in total. The number of ether oxygens (including phenoxy) is 1. The lowest BCUT2D eigenvalue weighted by Crippen LogP contribution is -2.54. The molecule has 0 bridgehead atoms. The highest BCUT2D eigenvalue weighted by atomic mass is 19.1. The number of carbonyl (C=O) groups is 1. The van der Waals surface area contributed by atoms with E-state index in [-0.39, 0.29) is 24.4 Å². The maximum absolute atomic E-state index is 15.4. The Kier molecular flexibility index (Phi) is 8.72. The fourth-order valence-corrected chi connectivity index (χ4v) is 3.43. The van der Waals surface area contributed by atoms with Gasteiger partial charge in [-0.05, 0) is 29.7 Å². The van der Waals surface area contributed by atoms with E-state index in [0.717, 1.165) is 0 Å². The number of nitrogens with two attached hydrogens (primary N) is 1. The maximum atomic E-state index is 15.4. The molecule has 2 aromatic carbocycles. The van der Waals surface area contributed by atoms with E-state index in [0.29, 0.717) is 16.9 Å². The van der Waals surface area contributed by atoms with Gasteiger partial charge in [-0.3, -0.25) is 4.79 Å². The van der Waals surface area contributed by atoms with Crippen LogP contribution in [-0.2, 0) is 11.2 Å².